The molecule has 2 atom stereocenters. The molecular formula is C14H23NS. The first-order valence-corrected chi connectivity index (χ1v) is 7.44. The van der Waals surface area contributed by atoms with Gasteiger partial charge in [0.05, 0.1) is 0 Å². The van der Waals surface area contributed by atoms with Crippen LogP contribution in [0.4, 0.5) is 0 Å². The lowest BCUT2D eigenvalue weighted by Crippen LogP contribution is -2.33. The van der Waals surface area contributed by atoms with Gasteiger partial charge < -0.3 is 5.32 Å². The molecule has 1 aromatic rings. The van der Waals surface area contributed by atoms with E-state index in [2.05, 4.69) is 55.8 Å². The van der Waals surface area contributed by atoms with Gasteiger partial charge in [0.15, 0.2) is 0 Å². The minimum Gasteiger partial charge on any atom is -0.313 e. The van der Waals surface area contributed by atoms with Crippen molar-refractivity contribution in [3.8, 4) is 0 Å². The smallest absolute Gasteiger partial charge is 0.0155 e. The average Bonchev–Trinajstić information content (AvgIpc) is 2.35. The van der Waals surface area contributed by atoms with Crippen LogP contribution in [0.3, 0.4) is 0 Å². The van der Waals surface area contributed by atoms with E-state index >= 15 is 0 Å². The molecule has 0 radical (unpaired) electrons. The van der Waals surface area contributed by atoms with Gasteiger partial charge in [-0.15, -0.1) is 0 Å². The van der Waals surface area contributed by atoms with Crippen LogP contribution in [0.2, 0.25) is 0 Å². The van der Waals surface area contributed by atoms with Crippen molar-refractivity contribution in [2.24, 2.45) is 0 Å². The topological polar surface area (TPSA) is 12.0 Å². The average molecular weight is 237 g/mol. The summed E-state index contributed by atoms with van der Waals surface area (Å²) in [5, 5.41) is 3.65. The van der Waals surface area contributed by atoms with E-state index in [0.717, 1.165) is 6.54 Å². The number of hydrogen-bond donors (Lipinski definition) is 1. The Morgan fingerprint density at radius 2 is 1.94 bits per heavy atom. The molecule has 0 spiro atoms. The molecular weight excluding hydrogens is 214 g/mol. The third kappa shape index (κ3) is 4.58. The highest BCUT2D eigenvalue weighted by Gasteiger charge is 2.08. The quantitative estimate of drug-likeness (QED) is 0.778. The van der Waals surface area contributed by atoms with E-state index in [0.29, 0.717) is 12.0 Å². The summed E-state index contributed by atoms with van der Waals surface area (Å²) in [6, 6.07) is 11.4. The molecule has 0 bridgehead atoms. The summed E-state index contributed by atoms with van der Waals surface area (Å²) >= 11 is 1.92. The molecule has 16 heavy (non-hydrogen) atoms. The molecule has 90 valence electrons. The van der Waals surface area contributed by atoms with Crippen molar-refractivity contribution in [2.45, 2.75) is 32.2 Å². The highest BCUT2D eigenvalue weighted by molar-refractivity contribution is 7.98. The molecule has 0 aliphatic carbocycles. The van der Waals surface area contributed by atoms with Crippen LogP contribution in [0.1, 0.15) is 31.7 Å². The van der Waals surface area contributed by atoms with E-state index < -0.39 is 0 Å². The summed E-state index contributed by atoms with van der Waals surface area (Å²) in [6.45, 7) is 5.61. The molecule has 0 aliphatic rings. The van der Waals surface area contributed by atoms with E-state index in [1.165, 1.54) is 17.7 Å². The molecule has 0 aliphatic heterocycles. The molecule has 0 heterocycles. The Morgan fingerprint density at radius 1 is 1.25 bits per heavy atom. The maximum atomic E-state index is 3.65. The SMILES string of the molecule is CCC(CSC)NCC(C)c1ccccc1. The minimum atomic E-state index is 0.595. The summed E-state index contributed by atoms with van der Waals surface area (Å²) in [5.74, 6) is 1.80. The van der Waals surface area contributed by atoms with Gasteiger partial charge in [0.2, 0.25) is 0 Å². The van der Waals surface area contributed by atoms with Crippen molar-refractivity contribution in [3.63, 3.8) is 0 Å². The molecule has 0 saturated carbocycles. The summed E-state index contributed by atoms with van der Waals surface area (Å²) in [7, 11) is 0. The Kier molecular flexibility index (Phi) is 6.58. The van der Waals surface area contributed by atoms with Crippen molar-refractivity contribution in [2.75, 3.05) is 18.6 Å². The van der Waals surface area contributed by atoms with Crippen LogP contribution in [0.15, 0.2) is 30.3 Å². The Balaban J connectivity index is 2.37. The zero-order valence-corrected chi connectivity index (χ0v) is 11.4. The van der Waals surface area contributed by atoms with Crippen molar-refractivity contribution in [3.05, 3.63) is 35.9 Å². The Hall–Kier alpha value is -0.470. The van der Waals surface area contributed by atoms with Gasteiger partial charge in [0.25, 0.3) is 0 Å². The fourth-order valence-corrected chi connectivity index (χ4v) is 2.52. The molecule has 1 nitrogen and oxygen atoms in total. The second-order valence-electron chi connectivity index (χ2n) is 4.28. The molecule has 1 N–H and O–H groups in total. The maximum absolute atomic E-state index is 3.65. The summed E-state index contributed by atoms with van der Waals surface area (Å²) in [6.07, 6.45) is 3.38. The molecule has 0 amide bonds. The van der Waals surface area contributed by atoms with Crippen molar-refractivity contribution in [1.82, 2.24) is 5.32 Å². The Bertz CT molecular complexity index is 273. The van der Waals surface area contributed by atoms with Gasteiger partial charge in [-0.2, -0.15) is 11.8 Å². The fraction of sp³-hybridized carbons (Fsp3) is 0.571. The first-order chi connectivity index (χ1) is 7.77. The predicted molar refractivity (Wildman–Crippen MR) is 75.3 cm³/mol. The first kappa shape index (κ1) is 13.6. The van der Waals surface area contributed by atoms with Crippen LogP contribution in [0.5, 0.6) is 0 Å². The number of nitrogens with one attached hydrogen (secondary N) is 1. The standard InChI is InChI=1S/C14H23NS/c1-4-14(11-16-3)15-10-12(2)13-8-6-5-7-9-13/h5-9,12,14-15H,4,10-11H2,1-3H3. The van der Waals surface area contributed by atoms with Crippen LogP contribution in [-0.4, -0.2) is 24.6 Å². The molecule has 2 unspecified atom stereocenters. The molecule has 1 aromatic carbocycles. The lowest BCUT2D eigenvalue weighted by Gasteiger charge is -2.19. The van der Waals surface area contributed by atoms with Gasteiger partial charge in [0.1, 0.15) is 0 Å². The lowest BCUT2D eigenvalue weighted by molar-refractivity contribution is 0.514. The third-order valence-corrected chi connectivity index (χ3v) is 3.68. The maximum Gasteiger partial charge on any atom is 0.0155 e. The van der Waals surface area contributed by atoms with Gasteiger partial charge >= 0.3 is 0 Å². The summed E-state index contributed by atoms with van der Waals surface area (Å²) in [5.41, 5.74) is 1.43. The zero-order valence-electron chi connectivity index (χ0n) is 10.6. The molecule has 0 fully saturated rings. The van der Waals surface area contributed by atoms with Gasteiger partial charge in [-0.05, 0) is 24.2 Å². The summed E-state index contributed by atoms with van der Waals surface area (Å²) < 4.78 is 0. The lowest BCUT2D eigenvalue weighted by atomic mass is 10.0. The highest BCUT2D eigenvalue weighted by atomic mass is 32.2. The Labute approximate surface area is 104 Å². The second kappa shape index (κ2) is 7.75. The van der Waals surface area contributed by atoms with Crippen molar-refractivity contribution < 1.29 is 0 Å². The number of rotatable bonds is 7. The Morgan fingerprint density at radius 3 is 2.50 bits per heavy atom. The normalized spacial score (nSPS) is 14.7. The van der Waals surface area contributed by atoms with E-state index in [1.807, 2.05) is 11.8 Å². The van der Waals surface area contributed by atoms with E-state index in [9.17, 15) is 0 Å². The minimum absolute atomic E-state index is 0.595. The molecule has 0 aromatic heterocycles. The van der Waals surface area contributed by atoms with Crippen LogP contribution in [0.25, 0.3) is 0 Å². The van der Waals surface area contributed by atoms with Crippen LogP contribution >= 0.6 is 11.8 Å². The number of thioether (sulfide) groups is 1. The van der Waals surface area contributed by atoms with Crippen LogP contribution in [0, 0.1) is 0 Å². The largest absolute Gasteiger partial charge is 0.313 e. The van der Waals surface area contributed by atoms with Gasteiger partial charge in [-0.1, -0.05) is 44.2 Å². The van der Waals surface area contributed by atoms with E-state index in [4.69, 9.17) is 0 Å². The van der Waals surface area contributed by atoms with Crippen LogP contribution < -0.4 is 5.32 Å². The van der Waals surface area contributed by atoms with Crippen LogP contribution in [-0.2, 0) is 0 Å². The monoisotopic (exact) mass is 237 g/mol. The number of benzene rings is 1. The third-order valence-electron chi connectivity index (χ3n) is 2.94. The van der Waals surface area contributed by atoms with Crippen molar-refractivity contribution >= 4 is 11.8 Å². The predicted octanol–water partition coefficient (Wildman–Crippen LogP) is 3.52. The number of hydrogen-bond acceptors (Lipinski definition) is 2. The second-order valence-corrected chi connectivity index (χ2v) is 5.19. The molecule has 2 heteroatoms. The van der Waals surface area contributed by atoms with Crippen molar-refractivity contribution in [1.29, 1.82) is 0 Å². The van der Waals surface area contributed by atoms with Gasteiger partial charge in [0, 0.05) is 18.3 Å². The van der Waals surface area contributed by atoms with Gasteiger partial charge in [-0.25, -0.2) is 0 Å². The van der Waals surface area contributed by atoms with E-state index in [1.54, 1.807) is 0 Å². The van der Waals surface area contributed by atoms with E-state index in [-0.39, 0.29) is 0 Å². The first-order valence-electron chi connectivity index (χ1n) is 6.05. The molecule has 1 rings (SSSR count). The highest BCUT2D eigenvalue weighted by Crippen LogP contribution is 2.13. The molecule has 0 saturated heterocycles. The van der Waals surface area contributed by atoms with Gasteiger partial charge in [-0.3, -0.25) is 0 Å². The fourth-order valence-electron chi connectivity index (χ4n) is 1.77. The summed E-state index contributed by atoms with van der Waals surface area (Å²) in [4.78, 5) is 0. The zero-order chi connectivity index (χ0) is 11.8.